The Labute approximate surface area is 157 Å². The zero-order valence-electron chi connectivity index (χ0n) is 13.1. The van der Waals surface area contributed by atoms with Gasteiger partial charge in [0.15, 0.2) is 5.82 Å². The van der Waals surface area contributed by atoms with E-state index in [1.807, 2.05) is 0 Å². The van der Waals surface area contributed by atoms with Gasteiger partial charge in [-0.3, -0.25) is 5.10 Å². The number of anilines is 3. The first-order valence-electron chi connectivity index (χ1n) is 7.38. The Hall–Kier alpha value is -1.28. The van der Waals surface area contributed by atoms with Crippen molar-refractivity contribution >= 4 is 53.9 Å². The highest BCUT2D eigenvalue weighted by Crippen LogP contribution is 2.41. The number of nitrogens with one attached hydrogen (secondary N) is 3. The third-order valence-electron chi connectivity index (χ3n) is 4.68. The number of fused-ring (bicyclic) bond motifs is 1. The standard InChI is InChI=1S/C14H18ClN7.2ClH/c1-14-7-16-2-9(14)6-22(8-14)12-11(15)5-17-13(21-12)20-10-3-18-19-4-10;;/h3-5,9,16H,2,6-8H2,1H3,(H,18,19)(H,17,20,21);2*1H/t9-,14+;;/m0../s1. The summed E-state index contributed by atoms with van der Waals surface area (Å²) in [6.45, 7) is 6.39. The lowest BCUT2D eigenvalue weighted by molar-refractivity contribution is 0.338. The van der Waals surface area contributed by atoms with Crippen LogP contribution in [0, 0.1) is 11.3 Å². The van der Waals surface area contributed by atoms with E-state index in [4.69, 9.17) is 11.6 Å². The molecule has 0 spiro atoms. The van der Waals surface area contributed by atoms with E-state index >= 15 is 0 Å². The first-order valence-corrected chi connectivity index (χ1v) is 7.76. The quantitative estimate of drug-likeness (QED) is 0.744. The summed E-state index contributed by atoms with van der Waals surface area (Å²) in [5, 5.41) is 13.8. The molecule has 0 amide bonds. The van der Waals surface area contributed by atoms with Gasteiger partial charge in [0.25, 0.3) is 0 Å². The molecule has 0 aromatic carbocycles. The molecule has 24 heavy (non-hydrogen) atoms. The molecule has 4 rings (SSSR count). The predicted molar refractivity (Wildman–Crippen MR) is 100 cm³/mol. The SMILES string of the molecule is C[C@]12CNC[C@H]1CN(c1nc(Nc3cn[nH]c3)ncc1Cl)C2.Cl.Cl. The molecule has 2 fully saturated rings. The number of nitrogens with zero attached hydrogens (tertiary/aromatic N) is 4. The molecule has 132 valence electrons. The van der Waals surface area contributed by atoms with Crippen LogP contribution in [0.25, 0.3) is 0 Å². The summed E-state index contributed by atoms with van der Waals surface area (Å²) >= 11 is 6.33. The van der Waals surface area contributed by atoms with Crippen molar-refractivity contribution in [3.05, 3.63) is 23.6 Å². The third-order valence-corrected chi connectivity index (χ3v) is 4.94. The van der Waals surface area contributed by atoms with Crippen molar-refractivity contribution in [2.75, 3.05) is 36.4 Å². The van der Waals surface area contributed by atoms with Crippen molar-refractivity contribution in [1.82, 2.24) is 25.5 Å². The van der Waals surface area contributed by atoms with Crippen LogP contribution in [0.3, 0.4) is 0 Å². The maximum Gasteiger partial charge on any atom is 0.229 e. The van der Waals surface area contributed by atoms with Gasteiger partial charge in [0.2, 0.25) is 5.95 Å². The highest BCUT2D eigenvalue weighted by Gasteiger charge is 2.46. The Balaban J connectivity index is 0.00000104. The number of rotatable bonds is 3. The summed E-state index contributed by atoms with van der Waals surface area (Å²) < 4.78 is 0. The van der Waals surface area contributed by atoms with E-state index in [2.05, 4.69) is 42.6 Å². The number of hydrogen-bond donors (Lipinski definition) is 3. The van der Waals surface area contributed by atoms with E-state index in [1.54, 1.807) is 18.6 Å². The van der Waals surface area contributed by atoms with Crippen LogP contribution in [-0.4, -0.2) is 46.3 Å². The van der Waals surface area contributed by atoms with Crippen LogP contribution in [0.2, 0.25) is 5.02 Å². The predicted octanol–water partition coefficient (Wildman–Crippen LogP) is 2.49. The molecule has 0 aliphatic carbocycles. The highest BCUT2D eigenvalue weighted by atomic mass is 35.5. The Kier molecular flexibility index (Phi) is 5.80. The van der Waals surface area contributed by atoms with Crippen molar-refractivity contribution in [2.24, 2.45) is 11.3 Å². The molecule has 2 aromatic heterocycles. The molecule has 2 saturated heterocycles. The maximum atomic E-state index is 6.33. The van der Waals surface area contributed by atoms with Gasteiger partial charge in [-0.25, -0.2) is 4.98 Å². The second-order valence-corrected chi connectivity index (χ2v) is 6.75. The lowest BCUT2D eigenvalue weighted by Gasteiger charge is -2.23. The van der Waals surface area contributed by atoms with Gasteiger partial charge >= 0.3 is 0 Å². The molecular formula is C14H20Cl3N7. The summed E-state index contributed by atoms with van der Waals surface area (Å²) in [6.07, 6.45) is 5.09. The molecule has 0 radical (unpaired) electrons. The van der Waals surface area contributed by atoms with Gasteiger partial charge in [0.1, 0.15) is 5.02 Å². The summed E-state index contributed by atoms with van der Waals surface area (Å²) in [5.74, 6) is 1.98. The Bertz CT molecular complexity index is 681. The van der Waals surface area contributed by atoms with Crippen LogP contribution >= 0.6 is 36.4 Å². The number of aromatic nitrogens is 4. The van der Waals surface area contributed by atoms with Crippen LogP contribution in [0.1, 0.15) is 6.92 Å². The highest BCUT2D eigenvalue weighted by molar-refractivity contribution is 6.32. The van der Waals surface area contributed by atoms with E-state index in [9.17, 15) is 0 Å². The third kappa shape index (κ3) is 3.39. The molecule has 0 bridgehead atoms. The molecule has 2 aromatic rings. The van der Waals surface area contributed by atoms with Gasteiger partial charge in [0.05, 0.1) is 18.1 Å². The largest absolute Gasteiger partial charge is 0.354 e. The molecular weight excluding hydrogens is 373 g/mol. The first-order chi connectivity index (χ1) is 10.6. The Morgan fingerprint density at radius 2 is 2.21 bits per heavy atom. The molecule has 2 aliphatic heterocycles. The lowest BCUT2D eigenvalue weighted by Crippen LogP contribution is -2.30. The van der Waals surface area contributed by atoms with E-state index in [-0.39, 0.29) is 24.8 Å². The minimum atomic E-state index is 0. The van der Waals surface area contributed by atoms with E-state index in [0.29, 0.717) is 22.3 Å². The van der Waals surface area contributed by atoms with E-state index in [0.717, 1.165) is 37.7 Å². The van der Waals surface area contributed by atoms with Gasteiger partial charge < -0.3 is 15.5 Å². The van der Waals surface area contributed by atoms with Crippen molar-refractivity contribution in [2.45, 2.75) is 6.92 Å². The average Bonchev–Trinajstić information content (AvgIpc) is 3.16. The Morgan fingerprint density at radius 3 is 2.92 bits per heavy atom. The molecule has 2 atom stereocenters. The number of halogens is 3. The minimum absolute atomic E-state index is 0. The van der Waals surface area contributed by atoms with Crippen molar-refractivity contribution in [1.29, 1.82) is 0 Å². The summed E-state index contributed by atoms with van der Waals surface area (Å²) in [7, 11) is 0. The van der Waals surface area contributed by atoms with Crippen LogP contribution in [0.15, 0.2) is 18.6 Å². The van der Waals surface area contributed by atoms with Gasteiger partial charge in [-0.15, -0.1) is 24.8 Å². The van der Waals surface area contributed by atoms with E-state index < -0.39 is 0 Å². The fraction of sp³-hybridized carbons (Fsp3) is 0.500. The fourth-order valence-electron chi connectivity index (χ4n) is 3.41. The molecule has 2 aliphatic rings. The van der Waals surface area contributed by atoms with Crippen molar-refractivity contribution in [3.63, 3.8) is 0 Å². The summed E-state index contributed by atoms with van der Waals surface area (Å²) in [6, 6.07) is 0. The van der Waals surface area contributed by atoms with Crippen LogP contribution in [-0.2, 0) is 0 Å². The summed E-state index contributed by atoms with van der Waals surface area (Å²) in [5.41, 5.74) is 1.12. The molecule has 10 heteroatoms. The van der Waals surface area contributed by atoms with Crippen LogP contribution in [0.5, 0.6) is 0 Å². The maximum absolute atomic E-state index is 6.33. The minimum Gasteiger partial charge on any atom is -0.354 e. The van der Waals surface area contributed by atoms with Crippen molar-refractivity contribution < 1.29 is 0 Å². The normalized spacial score (nSPS) is 24.9. The van der Waals surface area contributed by atoms with Crippen LogP contribution in [0.4, 0.5) is 17.5 Å². The number of H-pyrrole nitrogens is 1. The average molecular weight is 393 g/mol. The van der Waals surface area contributed by atoms with Gasteiger partial charge in [-0.05, 0) is 5.92 Å². The molecule has 0 unspecified atom stereocenters. The fourth-order valence-corrected chi connectivity index (χ4v) is 3.62. The zero-order chi connectivity index (χ0) is 15.2. The van der Waals surface area contributed by atoms with Crippen molar-refractivity contribution in [3.8, 4) is 0 Å². The van der Waals surface area contributed by atoms with Gasteiger partial charge in [-0.1, -0.05) is 18.5 Å². The Morgan fingerprint density at radius 1 is 1.38 bits per heavy atom. The smallest absolute Gasteiger partial charge is 0.229 e. The second kappa shape index (κ2) is 7.31. The number of hydrogen-bond acceptors (Lipinski definition) is 6. The first kappa shape index (κ1) is 19.1. The molecule has 0 saturated carbocycles. The zero-order valence-corrected chi connectivity index (χ0v) is 15.5. The second-order valence-electron chi connectivity index (χ2n) is 6.34. The molecule has 7 nitrogen and oxygen atoms in total. The van der Waals surface area contributed by atoms with E-state index in [1.165, 1.54) is 0 Å². The van der Waals surface area contributed by atoms with Gasteiger partial charge in [-0.2, -0.15) is 10.1 Å². The molecule has 4 heterocycles. The topological polar surface area (TPSA) is 81.8 Å². The molecule has 3 N–H and O–H groups in total. The van der Waals surface area contributed by atoms with Crippen LogP contribution < -0.4 is 15.5 Å². The monoisotopic (exact) mass is 391 g/mol. The summed E-state index contributed by atoms with van der Waals surface area (Å²) in [4.78, 5) is 11.1. The number of aromatic amines is 1. The van der Waals surface area contributed by atoms with Gasteiger partial charge in [0, 0.05) is 37.8 Å². The lowest BCUT2D eigenvalue weighted by atomic mass is 9.83.